The Balaban J connectivity index is 3.19. The van der Waals surface area contributed by atoms with Gasteiger partial charge in [0.1, 0.15) is 5.75 Å². The largest absolute Gasteiger partial charge is 0.508 e. The first-order valence-corrected chi connectivity index (χ1v) is 4.30. The number of rotatable bonds is 1. The molecule has 0 heterocycles. The second kappa shape index (κ2) is 3.53. The first-order valence-electron chi connectivity index (χ1n) is 4.30. The number of hydrogen-bond donors (Lipinski definition) is 1. The molecule has 0 unspecified atom stereocenters. The molecule has 1 rings (SSSR count). The molecular weight excluding hydrogens is 160 g/mol. The number of para-hydroxylation sites is 1. The SMILES string of the molecule is CC#CC(C)(C)c1ccccc1O. The monoisotopic (exact) mass is 174 g/mol. The van der Waals surface area contributed by atoms with Gasteiger partial charge in [-0.1, -0.05) is 24.1 Å². The molecular formula is C12H14O. The molecule has 0 saturated heterocycles. The van der Waals surface area contributed by atoms with Crippen LogP contribution in [0, 0.1) is 11.8 Å². The fraction of sp³-hybridized carbons (Fsp3) is 0.333. The van der Waals surface area contributed by atoms with Crippen LogP contribution in [0.2, 0.25) is 0 Å². The Hall–Kier alpha value is -1.42. The van der Waals surface area contributed by atoms with Crippen LogP contribution in [0.15, 0.2) is 24.3 Å². The van der Waals surface area contributed by atoms with Crippen LogP contribution in [0.5, 0.6) is 5.75 Å². The van der Waals surface area contributed by atoms with Gasteiger partial charge in [0, 0.05) is 5.56 Å². The fourth-order valence-corrected chi connectivity index (χ4v) is 1.38. The highest BCUT2D eigenvalue weighted by atomic mass is 16.3. The van der Waals surface area contributed by atoms with Crippen molar-refractivity contribution < 1.29 is 5.11 Å². The highest BCUT2D eigenvalue weighted by Crippen LogP contribution is 2.29. The number of benzene rings is 1. The molecule has 0 spiro atoms. The van der Waals surface area contributed by atoms with Gasteiger partial charge >= 0.3 is 0 Å². The van der Waals surface area contributed by atoms with Gasteiger partial charge in [-0.2, -0.15) is 0 Å². The molecule has 0 amide bonds. The van der Waals surface area contributed by atoms with Crippen LogP contribution in [0.3, 0.4) is 0 Å². The summed E-state index contributed by atoms with van der Waals surface area (Å²) in [4.78, 5) is 0. The third-order valence-electron chi connectivity index (χ3n) is 2.01. The van der Waals surface area contributed by atoms with E-state index in [9.17, 15) is 5.11 Å². The number of aromatic hydroxyl groups is 1. The van der Waals surface area contributed by atoms with E-state index in [-0.39, 0.29) is 5.41 Å². The third kappa shape index (κ3) is 2.03. The van der Waals surface area contributed by atoms with E-state index in [1.807, 2.05) is 39.0 Å². The van der Waals surface area contributed by atoms with E-state index in [4.69, 9.17) is 0 Å². The topological polar surface area (TPSA) is 20.2 Å². The number of hydrogen-bond acceptors (Lipinski definition) is 1. The van der Waals surface area contributed by atoms with Gasteiger partial charge in [-0.25, -0.2) is 0 Å². The number of phenolic OH excluding ortho intramolecular Hbond substituents is 1. The fourth-order valence-electron chi connectivity index (χ4n) is 1.38. The minimum atomic E-state index is -0.278. The Morgan fingerprint density at radius 3 is 2.38 bits per heavy atom. The Labute approximate surface area is 79.4 Å². The van der Waals surface area contributed by atoms with Gasteiger partial charge in [-0.3, -0.25) is 0 Å². The molecule has 1 heteroatoms. The summed E-state index contributed by atoms with van der Waals surface area (Å²) in [7, 11) is 0. The second-order valence-corrected chi connectivity index (χ2v) is 3.52. The predicted molar refractivity (Wildman–Crippen MR) is 54.6 cm³/mol. The molecule has 1 nitrogen and oxygen atoms in total. The highest BCUT2D eigenvalue weighted by molar-refractivity contribution is 5.42. The van der Waals surface area contributed by atoms with E-state index in [2.05, 4.69) is 11.8 Å². The van der Waals surface area contributed by atoms with Crippen LogP contribution < -0.4 is 0 Å². The molecule has 0 atom stereocenters. The van der Waals surface area contributed by atoms with Crippen molar-refractivity contribution in [3.63, 3.8) is 0 Å². The standard InChI is InChI=1S/C12H14O/c1-4-9-12(2,3)10-7-5-6-8-11(10)13/h5-8,13H,1-3H3. The van der Waals surface area contributed by atoms with Gasteiger partial charge in [-0.05, 0) is 26.8 Å². The molecule has 1 aromatic carbocycles. The summed E-state index contributed by atoms with van der Waals surface area (Å²) in [6.07, 6.45) is 0. The Morgan fingerprint density at radius 1 is 1.23 bits per heavy atom. The molecule has 0 aliphatic rings. The lowest BCUT2D eigenvalue weighted by atomic mass is 9.85. The van der Waals surface area contributed by atoms with E-state index < -0.39 is 0 Å². The predicted octanol–water partition coefficient (Wildman–Crippen LogP) is 2.69. The third-order valence-corrected chi connectivity index (χ3v) is 2.01. The smallest absolute Gasteiger partial charge is 0.120 e. The Bertz CT molecular complexity index is 353. The Morgan fingerprint density at radius 2 is 1.85 bits per heavy atom. The van der Waals surface area contributed by atoms with Crippen LogP contribution in [0.4, 0.5) is 0 Å². The maximum Gasteiger partial charge on any atom is 0.120 e. The molecule has 0 aliphatic carbocycles. The van der Waals surface area contributed by atoms with Gasteiger partial charge in [-0.15, -0.1) is 5.92 Å². The molecule has 0 aromatic heterocycles. The van der Waals surface area contributed by atoms with Crippen LogP contribution in [-0.2, 0) is 5.41 Å². The molecule has 68 valence electrons. The summed E-state index contributed by atoms with van der Waals surface area (Å²) in [5.74, 6) is 6.26. The Kier molecular flexibility index (Phi) is 2.63. The van der Waals surface area contributed by atoms with Crippen molar-refractivity contribution >= 4 is 0 Å². The molecule has 1 aromatic rings. The van der Waals surface area contributed by atoms with E-state index in [0.29, 0.717) is 5.75 Å². The molecule has 1 N–H and O–H groups in total. The van der Waals surface area contributed by atoms with E-state index in [1.165, 1.54) is 0 Å². The first kappa shape index (κ1) is 9.67. The summed E-state index contributed by atoms with van der Waals surface area (Å²) < 4.78 is 0. The minimum Gasteiger partial charge on any atom is -0.508 e. The zero-order chi connectivity index (χ0) is 9.90. The summed E-state index contributed by atoms with van der Waals surface area (Å²) in [6, 6.07) is 7.32. The molecule has 0 fully saturated rings. The molecule has 0 bridgehead atoms. The zero-order valence-electron chi connectivity index (χ0n) is 8.26. The van der Waals surface area contributed by atoms with Crippen LogP contribution in [-0.4, -0.2) is 5.11 Å². The van der Waals surface area contributed by atoms with Gasteiger partial charge < -0.3 is 5.11 Å². The lowest BCUT2D eigenvalue weighted by Gasteiger charge is -2.19. The summed E-state index contributed by atoms with van der Waals surface area (Å²) in [5, 5.41) is 9.60. The molecule has 13 heavy (non-hydrogen) atoms. The highest BCUT2D eigenvalue weighted by Gasteiger charge is 2.20. The molecule has 0 saturated carbocycles. The average Bonchev–Trinajstić information content (AvgIpc) is 2.04. The van der Waals surface area contributed by atoms with E-state index in [1.54, 1.807) is 6.07 Å². The van der Waals surface area contributed by atoms with Crippen LogP contribution in [0.1, 0.15) is 26.3 Å². The zero-order valence-corrected chi connectivity index (χ0v) is 8.26. The quantitative estimate of drug-likeness (QED) is 0.649. The van der Waals surface area contributed by atoms with Crippen molar-refractivity contribution in [3.05, 3.63) is 29.8 Å². The van der Waals surface area contributed by atoms with Gasteiger partial charge in [0.25, 0.3) is 0 Å². The lowest BCUT2D eigenvalue weighted by Crippen LogP contribution is -2.14. The van der Waals surface area contributed by atoms with Crippen molar-refractivity contribution in [2.45, 2.75) is 26.2 Å². The van der Waals surface area contributed by atoms with Crippen molar-refractivity contribution in [1.82, 2.24) is 0 Å². The molecule has 0 radical (unpaired) electrons. The second-order valence-electron chi connectivity index (χ2n) is 3.52. The minimum absolute atomic E-state index is 0.278. The normalized spacial score (nSPS) is 10.4. The van der Waals surface area contributed by atoms with Gasteiger partial charge in [0.15, 0.2) is 0 Å². The van der Waals surface area contributed by atoms with Crippen molar-refractivity contribution in [1.29, 1.82) is 0 Å². The van der Waals surface area contributed by atoms with Crippen LogP contribution >= 0.6 is 0 Å². The summed E-state index contributed by atoms with van der Waals surface area (Å²) in [6.45, 7) is 5.80. The van der Waals surface area contributed by atoms with Crippen molar-refractivity contribution in [3.8, 4) is 17.6 Å². The average molecular weight is 174 g/mol. The maximum absolute atomic E-state index is 9.60. The van der Waals surface area contributed by atoms with Crippen molar-refractivity contribution in [2.75, 3.05) is 0 Å². The maximum atomic E-state index is 9.60. The first-order chi connectivity index (χ1) is 6.08. The van der Waals surface area contributed by atoms with E-state index >= 15 is 0 Å². The summed E-state index contributed by atoms with van der Waals surface area (Å²) in [5.41, 5.74) is 0.601. The van der Waals surface area contributed by atoms with Gasteiger partial charge in [0.2, 0.25) is 0 Å². The van der Waals surface area contributed by atoms with E-state index in [0.717, 1.165) is 5.56 Å². The molecule has 0 aliphatic heterocycles. The number of phenols is 1. The van der Waals surface area contributed by atoms with Crippen molar-refractivity contribution in [2.24, 2.45) is 0 Å². The summed E-state index contributed by atoms with van der Waals surface area (Å²) >= 11 is 0. The lowest BCUT2D eigenvalue weighted by molar-refractivity contribution is 0.457. The van der Waals surface area contributed by atoms with Gasteiger partial charge in [0.05, 0.1) is 5.41 Å². The van der Waals surface area contributed by atoms with Crippen LogP contribution in [0.25, 0.3) is 0 Å².